The van der Waals surface area contributed by atoms with Crippen LogP contribution >= 0.6 is 0 Å². The monoisotopic (exact) mass is 124 g/mol. The average molecular weight is 124 g/mol. The average Bonchev–Trinajstić information content (AvgIpc) is 2.56. The molecule has 0 aliphatic heterocycles. The zero-order valence-corrected chi connectivity index (χ0v) is 6.91. The minimum atomic E-state index is 0.819. The van der Waals surface area contributed by atoms with Crippen molar-refractivity contribution in [3.8, 4) is 0 Å². The molecule has 0 spiro atoms. The first-order valence-corrected chi connectivity index (χ1v) is 4.16. The lowest BCUT2D eigenvalue weighted by atomic mass is 9.76. The Hall–Kier alpha value is 0. The third-order valence-electron chi connectivity index (χ3n) is 4.20. The Balaban J connectivity index is 0.000000155. The second-order valence-electron chi connectivity index (χ2n) is 4.14. The molecular formula is C9H16. The standard InChI is InChI=1S/C7H10.C2H6/c1-5(2)6-3-7(5,6)4-6;1-2/h3-4H2,1-2H3;1-2H3. The largest absolute Gasteiger partial charge is 0.0683 e. The van der Waals surface area contributed by atoms with Crippen molar-refractivity contribution in [2.45, 2.75) is 40.5 Å². The lowest BCUT2D eigenvalue weighted by Crippen LogP contribution is -2.20. The summed E-state index contributed by atoms with van der Waals surface area (Å²) < 4.78 is 0. The molecule has 3 rings (SSSR count). The maximum absolute atomic E-state index is 2.42. The van der Waals surface area contributed by atoms with Crippen LogP contribution in [0.3, 0.4) is 0 Å². The fourth-order valence-electron chi connectivity index (χ4n) is 2.82. The third-order valence-corrected chi connectivity index (χ3v) is 4.20. The molecule has 52 valence electrons. The van der Waals surface area contributed by atoms with E-state index in [1.165, 1.54) is 0 Å². The third kappa shape index (κ3) is 0.264. The van der Waals surface area contributed by atoms with Gasteiger partial charge in [-0.3, -0.25) is 0 Å². The summed E-state index contributed by atoms with van der Waals surface area (Å²) in [7, 11) is 0. The van der Waals surface area contributed by atoms with Crippen molar-refractivity contribution in [1.29, 1.82) is 0 Å². The molecule has 3 saturated carbocycles. The normalized spacial score (nSPS) is 60.0. The lowest BCUT2D eigenvalue weighted by Gasteiger charge is -2.28. The Morgan fingerprint density at radius 2 is 1.11 bits per heavy atom. The van der Waals surface area contributed by atoms with Gasteiger partial charge in [0, 0.05) is 0 Å². The molecule has 3 aliphatic rings. The van der Waals surface area contributed by atoms with Crippen molar-refractivity contribution in [2.24, 2.45) is 16.2 Å². The number of hydrogen-bond acceptors (Lipinski definition) is 0. The van der Waals surface area contributed by atoms with Gasteiger partial charge in [0.1, 0.15) is 0 Å². The zero-order valence-electron chi connectivity index (χ0n) is 6.91. The Bertz CT molecular complexity index is 132. The summed E-state index contributed by atoms with van der Waals surface area (Å²) in [6.07, 6.45) is 3.18. The first kappa shape index (κ1) is 5.76. The van der Waals surface area contributed by atoms with E-state index in [2.05, 4.69) is 13.8 Å². The van der Waals surface area contributed by atoms with Crippen LogP contribution in [0.15, 0.2) is 0 Å². The van der Waals surface area contributed by atoms with E-state index in [1.54, 1.807) is 12.8 Å². The van der Waals surface area contributed by atoms with E-state index in [9.17, 15) is 0 Å². The highest BCUT2D eigenvalue weighted by atomic mass is 15.1. The van der Waals surface area contributed by atoms with Crippen molar-refractivity contribution in [2.75, 3.05) is 0 Å². The summed E-state index contributed by atoms with van der Waals surface area (Å²) in [6, 6.07) is 0. The molecule has 0 saturated heterocycles. The maximum Gasteiger partial charge on any atom is -0.0167 e. The summed E-state index contributed by atoms with van der Waals surface area (Å²) in [5.41, 5.74) is 2.74. The molecule has 0 aromatic carbocycles. The molecule has 9 heavy (non-hydrogen) atoms. The molecule has 0 amide bonds. The van der Waals surface area contributed by atoms with Gasteiger partial charge < -0.3 is 0 Å². The van der Waals surface area contributed by atoms with Gasteiger partial charge in [0.2, 0.25) is 0 Å². The van der Waals surface area contributed by atoms with Crippen LogP contribution in [0.25, 0.3) is 0 Å². The topological polar surface area (TPSA) is 0 Å². The van der Waals surface area contributed by atoms with Crippen LogP contribution in [0.1, 0.15) is 40.5 Å². The second-order valence-corrected chi connectivity index (χ2v) is 4.14. The summed E-state index contributed by atoms with van der Waals surface area (Å²) in [5, 5.41) is 0. The van der Waals surface area contributed by atoms with E-state index < -0.39 is 0 Å². The molecule has 3 aliphatic carbocycles. The molecule has 0 heteroatoms. The van der Waals surface area contributed by atoms with E-state index in [1.807, 2.05) is 13.8 Å². The fraction of sp³-hybridized carbons (Fsp3) is 1.00. The summed E-state index contributed by atoms with van der Waals surface area (Å²) in [6.45, 7) is 8.83. The molecule has 0 unspecified atom stereocenters. The maximum atomic E-state index is 2.42. The van der Waals surface area contributed by atoms with Crippen LogP contribution in [-0.4, -0.2) is 0 Å². The molecule has 0 atom stereocenters. The molecule has 0 radical (unpaired) electrons. The van der Waals surface area contributed by atoms with Crippen molar-refractivity contribution in [1.82, 2.24) is 0 Å². The van der Waals surface area contributed by atoms with Crippen LogP contribution in [0.4, 0.5) is 0 Å². The quantitative estimate of drug-likeness (QED) is 0.466. The summed E-state index contributed by atoms with van der Waals surface area (Å²) >= 11 is 0. The number of hydrogen-bond donors (Lipinski definition) is 0. The van der Waals surface area contributed by atoms with Crippen molar-refractivity contribution in [3.63, 3.8) is 0 Å². The van der Waals surface area contributed by atoms with Gasteiger partial charge in [-0.25, -0.2) is 0 Å². The van der Waals surface area contributed by atoms with Gasteiger partial charge in [0.25, 0.3) is 0 Å². The molecule has 0 aromatic heterocycles. The summed E-state index contributed by atoms with van der Waals surface area (Å²) in [4.78, 5) is 0. The first-order chi connectivity index (χ1) is 4.16. The highest BCUT2D eigenvalue weighted by Crippen LogP contribution is 3.14. The Kier molecular flexibility index (Phi) is 0.627. The van der Waals surface area contributed by atoms with Crippen molar-refractivity contribution in [3.05, 3.63) is 0 Å². The van der Waals surface area contributed by atoms with Crippen molar-refractivity contribution < 1.29 is 0 Å². The molecule has 0 nitrogen and oxygen atoms in total. The molecule has 0 aromatic rings. The Morgan fingerprint density at radius 3 is 1.11 bits per heavy atom. The second kappa shape index (κ2) is 0.980. The zero-order chi connectivity index (χ0) is 6.91. The van der Waals surface area contributed by atoms with Crippen LogP contribution in [0, 0.1) is 16.2 Å². The highest BCUT2D eigenvalue weighted by molar-refractivity contribution is 5.56. The van der Waals surface area contributed by atoms with Gasteiger partial charge in [0.05, 0.1) is 0 Å². The molecule has 0 heterocycles. The van der Waals surface area contributed by atoms with E-state index >= 15 is 0 Å². The van der Waals surface area contributed by atoms with Gasteiger partial charge in [-0.2, -0.15) is 0 Å². The van der Waals surface area contributed by atoms with E-state index in [4.69, 9.17) is 0 Å². The van der Waals surface area contributed by atoms with Gasteiger partial charge in [-0.1, -0.05) is 27.7 Å². The van der Waals surface area contributed by atoms with Gasteiger partial charge in [-0.05, 0) is 29.1 Å². The van der Waals surface area contributed by atoms with Crippen LogP contribution in [0.5, 0.6) is 0 Å². The minimum absolute atomic E-state index is 0.819. The first-order valence-electron chi connectivity index (χ1n) is 4.16. The van der Waals surface area contributed by atoms with Crippen LogP contribution < -0.4 is 0 Å². The molecular weight excluding hydrogens is 108 g/mol. The smallest absolute Gasteiger partial charge is 0.0167 e. The predicted molar refractivity (Wildman–Crippen MR) is 39.2 cm³/mol. The van der Waals surface area contributed by atoms with E-state index in [-0.39, 0.29) is 0 Å². The summed E-state index contributed by atoms with van der Waals surface area (Å²) in [5.74, 6) is 0. The minimum Gasteiger partial charge on any atom is -0.0683 e. The molecule has 0 N–H and O–H groups in total. The van der Waals surface area contributed by atoms with Gasteiger partial charge >= 0.3 is 0 Å². The van der Waals surface area contributed by atoms with Crippen LogP contribution in [0.2, 0.25) is 0 Å². The SMILES string of the molecule is CC.CC1(C)C23CC12C3. The Morgan fingerprint density at radius 1 is 0.889 bits per heavy atom. The van der Waals surface area contributed by atoms with Crippen molar-refractivity contribution >= 4 is 0 Å². The highest BCUT2D eigenvalue weighted by Gasteiger charge is 3.08. The lowest BCUT2D eigenvalue weighted by molar-refractivity contribution is 0.211. The number of rotatable bonds is 0. The van der Waals surface area contributed by atoms with Gasteiger partial charge in [0.15, 0.2) is 0 Å². The van der Waals surface area contributed by atoms with E-state index in [0.717, 1.165) is 16.2 Å². The van der Waals surface area contributed by atoms with Crippen LogP contribution in [-0.2, 0) is 0 Å². The predicted octanol–water partition coefficient (Wildman–Crippen LogP) is 2.83. The molecule has 3 fully saturated rings. The molecule has 0 bridgehead atoms. The van der Waals surface area contributed by atoms with E-state index in [0.29, 0.717) is 0 Å². The fourth-order valence-corrected chi connectivity index (χ4v) is 2.82. The van der Waals surface area contributed by atoms with Gasteiger partial charge in [-0.15, -0.1) is 0 Å². The Labute approximate surface area is 57.6 Å².